The molecule has 2 N–H and O–H groups in total. The fourth-order valence-corrected chi connectivity index (χ4v) is 3.54. The third-order valence-electron chi connectivity index (χ3n) is 3.80. The van der Waals surface area contributed by atoms with Gasteiger partial charge in [0.1, 0.15) is 18.0 Å². The quantitative estimate of drug-likeness (QED) is 0.686. The lowest BCUT2D eigenvalue weighted by atomic mass is 10.1. The number of carbonyl (C=O) groups excluding carboxylic acids is 2. The van der Waals surface area contributed by atoms with E-state index in [1.54, 1.807) is 6.92 Å². The molecule has 0 aromatic heterocycles. The topological polar surface area (TPSA) is 102 Å². The van der Waals surface area contributed by atoms with E-state index in [2.05, 4.69) is 10.0 Å². The molecule has 1 amide bonds. The Hall–Kier alpha value is -2.78. The van der Waals surface area contributed by atoms with Crippen molar-refractivity contribution in [2.75, 3.05) is 5.32 Å². The van der Waals surface area contributed by atoms with Gasteiger partial charge in [0, 0.05) is 12.6 Å². The van der Waals surface area contributed by atoms with E-state index in [4.69, 9.17) is 4.74 Å². The van der Waals surface area contributed by atoms with Gasteiger partial charge in [0.05, 0.1) is 4.90 Å². The van der Waals surface area contributed by atoms with Gasteiger partial charge < -0.3 is 10.1 Å². The predicted molar refractivity (Wildman–Crippen MR) is 101 cm³/mol. The van der Waals surface area contributed by atoms with Crippen LogP contribution in [0, 0.1) is 5.82 Å². The second-order valence-corrected chi connectivity index (χ2v) is 7.89. The second-order valence-electron chi connectivity index (χ2n) is 6.18. The van der Waals surface area contributed by atoms with Crippen molar-refractivity contribution in [1.82, 2.24) is 4.72 Å². The van der Waals surface area contributed by atoms with Crippen LogP contribution in [0.2, 0.25) is 0 Å². The van der Waals surface area contributed by atoms with Crippen LogP contribution in [0.5, 0.6) is 0 Å². The lowest BCUT2D eigenvalue weighted by molar-refractivity contribution is -0.150. The smallest absolute Gasteiger partial charge is 0.324 e. The van der Waals surface area contributed by atoms with Crippen molar-refractivity contribution in [2.24, 2.45) is 0 Å². The average molecular weight is 408 g/mol. The Bertz CT molecular complexity index is 943. The van der Waals surface area contributed by atoms with Gasteiger partial charge in [-0.1, -0.05) is 12.1 Å². The first-order chi connectivity index (χ1) is 13.1. The highest BCUT2D eigenvalue weighted by molar-refractivity contribution is 7.89. The lowest BCUT2D eigenvalue weighted by Crippen LogP contribution is -2.39. The van der Waals surface area contributed by atoms with Crippen molar-refractivity contribution >= 4 is 27.6 Å². The van der Waals surface area contributed by atoms with Crippen molar-refractivity contribution in [3.05, 3.63) is 59.9 Å². The van der Waals surface area contributed by atoms with Crippen molar-refractivity contribution in [2.45, 2.75) is 37.8 Å². The van der Waals surface area contributed by atoms with Crippen LogP contribution >= 0.6 is 0 Å². The molecule has 0 bridgehead atoms. The highest BCUT2D eigenvalue weighted by Crippen LogP contribution is 2.19. The van der Waals surface area contributed by atoms with Crippen molar-refractivity contribution in [3.8, 4) is 0 Å². The maximum absolute atomic E-state index is 13.0. The molecule has 0 unspecified atom stereocenters. The zero-order chi connectivity index (χ0) is 20.9. The number of hydrogen-bond donors (Lipinski definition) is 2. The molecule has 0 aliphatic carbocycles. The molecule has 0 aliphatic rings. The number of ether oxygens (including phenoxy) is 1. The zero-order valence-corrected chi connectivity index (χ0v) is 16.4. The Morgan fingerprint density at radius 2 is 1.57 bits per heavy atom. The number of nitrogens with one attached hydrogen (secondary N) is 2. The summed E-state index contributed by atoms with van der Waals surface area (Å²) in [5, 5.41) is 2.53. The summed E-state index contributed by atoms with van der Waals surface area (Å²) in [6, 6.07) is 9.83. The van der Waals surface area contributed by atoms with Gasteiger partial charge in [-0.15, -0.1) is 0 Å². The molecule has 0 aliphatic heterocycles. The Labute approximate surface area is 163 Å². The summed E-state index contributed by atoms with van der Waals surface area (Å²) >= 11 is 0. The minimum atomic E-state index is -3.97. The normalized spacial score (nSPS) is 13.4. The molecule has 9 heteroatoms. The summed E-state index contributed by atoms with van der Waals surface area (Å²) in [7, 11) is -3.97. The SMILES string of the molecule is CC(=O)Nc1ccc(S(=O)(=O)N[C@@H](C)C(=O)O[C@@H](C)c2ccc(F)cc2)cc1. The molecular weight excluding hydrogens is 387 g/mol. The number of carbonyl (C=O) groups is 2. The average Bonchev–Trinajstić information content (AvgIpc) is 2.61. The fraction of sp³-hybridized carbons (Fsp3) is 0.263. The Balaban J connectivity index is 2.01. The van der Waals surface area contributed by atoms with Gasteiger partial charge in [-0.25, -0.2) is 12.8 Å². The Morgan fingerprint density at radius 1 is 1.00 bits per heavy atom. The largest absolute Gasteiger partial charge is 0.457 e. The van der Waals surface area contributed by atoms with E-state index in [1.165, 1.54) is 62.4 Å². The van der Waals surface area contributed by atoms with E-state index in [9.17, 15) is 22.4 Å². The van der Waals surface area contributed by atoms with Gasteiger partial charge in [0.15, 0.2) is 0 Å². The van der Waals surface area contributed by atoms with Crippen LogP contribution in [0.4, 0.5) is 10.1 Å². The van der Waals surface area contributed by atoms with Crippen molar-refractivity contribution < 1.29 is 27.1 Å². The van der Waals surface area contributed by atoms with Crippen LogP contribution < -0.4 is 10.0 Å². The number of hydrogen-bond acceptors (Lipinski definition) is 5. The molecule has 0 fully saturated rings. The molecule has 0 spiro atoms. The summed E-state index contributed by atoms with van der Waals surface area (Å²) in [6.45, 7) is 4.31. The standard InChI is InChI=1S/C19H21FN2O5S/c1-12(19(24)27-13(2)15-4-6-16(20)7-5-15)22-28(25,26)18-10-8-17(9-11-18)21-14(3)23/h4-13,22H,1-3H3,(H,21,23)/t12-,13-/m0/s1. The molecule has 0 saturated carbocycles. The van der Waals surface area contributed by atoms with Gasteiger partial charge in [-0.3, -0.25) is 9.59 Å². The van der Waals surface area contributed by atoms with Crippen LogP contribution in [0.15, 0.2) is 53.4 Å². The molecule has 0 heterocycles. The second kappa shape index (κ2) is 8.94. The maximum atomic E-state index is 13.0. The summed E-state index contributed by atoms with van der Waals surface area (Å²) in [4.78, 5) is 23.2. The van der Waals surface area contributed by atoms with Crippen LogP contribution in [-0.4, -0.2) is 26.3 Å². The van der Waals surface area contributed by atoms with E-state index in [-0.39, 0.29) is 10.8 Å². The lowest BCUT2D eigenvalue weighted by Gasteiger charge is -2.18. The minimum absolute atomic E-state index is 0.0622. The number of anilines is 1. The van der Waals surface area contributed by atoms with E-state index in [0.717, 1.165) is 0 Å². The first-order valence-electron chi connectivity index (χ1n) is 8.44. The molecule has 7 nitrogen and oxygen atoms in total. The van der Waals surface area contributed by atoms with Gasteiger partial charge >= 0.3 is 5.97 Å². The predicted octanol–water partition coefficient (Wildman–Crippen LogP) is 2.76. The molecule has 2 aromatic carbocycles. The number of amides is 1. The molecule has 0 saturated heterocycles. The minimum Gasteiger partial charge on any atom is -0.457 e. The van der Waals surface area contributed by atoms with Gasteiger partial charge in [-0.2, -0.15) is 4.72 Å². The molecule has 2 atom stereocenters. The van der Waals surface area contributed by atoms with Gasteiger partial charge in [-0.05, 0) is 55.8 Å². The third kappa shape index (κ3) is 5.86. The van der Waals surface area contributed by atoms with E-state index in [0.29, 0.717) is 11.3 Å². The molecule has 2 aromatic rings. The van der Waals surface area contributed by atoms with Crippen LogP contribution in [0.1, 0.15) is 32.4 Å². The zero-order valence-electron chi connectivity index (χ0n) is 15.6. The van der Waals surface area contributed by atoms with E-state index >= 15 is 0 Å². The van der Waals surface area contributed by atoms with Crippen LogP contribution in [-0.2, 0) is 24.3 Å². The first-order valence-corrected chi connectivity index (χ1v) is 9.93. The summed E-state index contributed by atoms with van der Waals surface area (Å²) in [5.74, 6) is -1.46. The van der Waals surface area contributed by atoms with Crippen LogP contribution in [0.3, 0.4) is 0 Å². The number of rotatable bonds is 7. The molecule has 2 rings (SSSR count). The molecule has 0 radical (unpaired) electrons. The summed E-state index contributed by atoms with van der Waals surface area (Å²) in [6.07, 6.45) is -0.669. The summed E-state index contributed by atoms with van der Waals surface area (Å²) in [5.41, 5.74) is 1.03. The highest BCUT2D eigenvalue weighted by atomic mass is 32.2. The first kappa shape index (κ1) is 21.5. The fourth-order valence-electron chi connectivity index (χ4n) is 2.35. The van der Waals surface area contributed by atoms with Crippen LogP contribution in [0.25, 0.3) is 0 Å². The Morgan fingerprint density at radius 3 is 2.11 bits per heavy atom. The van der Waals surface area contributed by atoms with E-state index in [1.807, 2.05) is 0 Å². The van der Waals surface area contributed by atoms with Crippen molar-refractivity contribution in [3.63, 3.8) is 0 Å². The van der Waals surface area contributed by atoms with Crippen molar-refractivity contribution in [1.29, 1.82) is 0 Å². The Kier molecular flexibility index (Phi) is 6.87. The number of sulfonamides is 1. The van der Waals surface area contributed by atoms with Gasteiger partial charge in [0.25, 0.3) is 0 Å². The molecule has 150 valence electrons. The summed E-state index contributed by atoms with van der Waals surface area (Å²) < 4.78 is 45.3. The maximum Gasteiger partial charge on any atom is 0.324 e. The number of esters is 1. The monoisotopic (exact) mass is 408 g/mol. The van der Waals surface area contributed by atoms with E-state index < -0.39 is 34.0 Å². The molecule has 28 heavy (non-hydrogen) atoms. The highest BCUT2D eigenvalue weighted by Gasteiger charge is 2.24. The third-order valence-corrected chi connectivity index (χ3v) is 5.36. The number of halogens is 1. The van der Waals surface area contributed by atoms with Gasteiger partial charge in [0.2, 0.25) is 15.9 Å². The number of benzene rings is 2. The molecular formula is C19H21FN2O5S.